The van der Waals surface area contributed by atoms with Crippen molar-refractivity contribution in [3.63, 3.8) is 0 Å². The molecule has 0 saturated heterocycles. The molecule has 7 heteroatoms. The third kappa shape index (κ3) is 11.2. The van der Waals surface area contributed by atoms with Crippen molar-refractivity contribution in [1.82, 2.24) is 10.2 Å². The molecule has 0 aliphatic carbocycles. The van der Waals surface area contributed by atoms with E-state index in [1.165, 1.54) is 0 Å². The standard InChI is InChI=1S/C12H22N2O5/c1-3-19-12(18)6-8-14(2)9-10(15)13-7-4-5-11(16)17/h3-9H2,1-2H3,(H,13,15)(H,16,17). The molecule has 0 bridgehead atoms. The lowest BCUT2D eigenvalue weighted by molar-refractivity contribution is -0.143. The normalized spacial score (nSPS) is 10.3. The van der Waals surface area contributed by atoms with Crippen LogP contribution in [0.4, 0.5) is 0 Å². The van der Waals surface area contributed by atoms with Gasteiger partial charge in [-0.1, -0.05) is 0 Å². The molecule has 0 radical (unpaired) electrons. The van der Waals surface area contributed by atoms with E-state index in [0.717, 1.165) is 0 Å². The summed E-state index contributed by atoms with van der Waals surface area (Å²) in [4.78, 5) is 34.5. The molecule has 0 atom stereocenters. The van der Waals surface area contributed by atoms with E-state index in [4.69, 9.17) is 9.84 Å². The predicted molar refractivity (Wildman–Crippen MR) is 68.6 cm³/mol. The van der Waals surface area contributed by atoms with Crippen molar-refractivity contribution in [3.8, 4) is 0 Å². The van der Waals surface area contributed by atoms with Gasteiger partial charge in [-0.05, 0) is 20.4 Å². The molecule has 7 nitrogen and oxygen atoms in total. The van der Waals surface area contributed by atoms with Crippen molar-refractivity contribution in [2.24, 2.45) is 0 Å². The Balaban J connectivity index is 3.63. The number of aliphatic carboxylic acids is 1. The number of esters is 1. The topological polar surface area (TPSA) is 95.9 Å². The van der Waals surface area contributed by atoms with Crippen LogP contribution >= 0.6 is 0 Å². The molecule has 0 saturated carbocycles. The largest absolute Gasteiger partial charge is 0.481 e. The Hall–Kier alpha value is -1.63. The zero-order valence-corrected chi connectivity index (χ0v) is 11.5. The molecule has 2 N–H and O–H groups in total. The molecule has 0 rings (SSSR count). The van der Waals surface area contributed by atoms with E-state index in [0.29, 0.717) is 26.1 Å². The van der Waals surface area contributed by atoms with Crippen LogP contribution in [-0.2, 0) is 19.1 Å². The third-order valence-corrected chi connectivity index (χ3v) is 2.31. The van der Waals surface area contributed by atoms with Crippen molar-refractivity contribution in [3.05, 3.63) is 0 Å². The quantitative estimate of drug-likeness (QED) is 0.425. The lowest BCUT2D eigenvalue weighted by Crippen LogP contribution is -2.36. The van der Waals surface area contributed by atoms with Crippen LogP contribution in [0.15, 0.2) is 0 Å². The fourth-order valence-electron chi connectivity index (χ4n) is 1.36. The summed E-state index contributed by atoms with van der Waals surface area (Å²) in [6, 6.07) is 0. The van der Waals surface area contributed by atoms with Gasteiger partial charge in [0.05, 0.1) is 19.6 Å². The van der Waals surface area contributed by atoms with Gasteiger partial charge >= 0.3 is 11.9 Å². The molecule has 0 aliphatic heterocycles. The van der Waals surface area contributed by atoms with E-state index in [1.54, 1.807) is 18.9 Å². The maximum absolute atomic E-state index is 11.5. The smallest absolute Gasteiger partial charge is 0.307 e. The summed E-state index contributed by atoms with van der Waals surface area (Å²) >= 11 is 0. The molecule has 0 aromatic heterocycles. The summed E-state index contributed by atoms with van der Waals surface area (Å²) in [6.45, 7) is 3.06. The number of hydrogen-bond acceptors (Lipinski definition) is 5. The molecule has 110 valence electrons. The number of carboxylic acid groups (broad SMARTS) is 1. The average molecular weight is 274 g/mol. The molecule has 0 aliphatic rings. The third-order valence-electron chi connectivity index (χ3n) is 2.31. The molecule has 0 heterocycles. The van der Waals surface area contributed by atoms with Crippen molar-refractivity contribution < 1.29 is 24.2 Å². The first-order chi connectivity index (χ1) is 8.95. The van der Waals surface area contributed by atoms with E-state index in [9.17, 15) is 14.4 Å². The van der Waals surface area contributed by atoms with Gasteiger partial charge in [-0.3, -0.25) is 19.3 Å². The Kier molecular flexibility index (Phi) is 9.42. The highest BCUT2D eigenvalue weighted by molar-refractivity contribution is 5.78. The number of carbonyl (C=O) groups excluding carboxylic acids is 2. The summed E-state index contributed by atoms with van der Waals surface area (Å²) in [7, 11) is 1.73. The van der Waals surface area contributed by atoms with Crippen molar-refractivity contribution >= 4 is 17.8 Å². The summed E-state index contributed by atoms with van der Waals surface area (Å²) < 4.78 is 4.78. The predicted octanol–water partition coefficient (Wildman–Crippen LogP) is -0.148. The van der Waals surface area contributed by atoms with Crippen LogP contribution in [0, 0.1) is 0 Å². The van der Waals surface area contributed by atoms with Crippen molar-refractivity contribution in [2.45, 2.75) is 26.2 Å². The van der Waals surface area contributed by atoms with Crippen LogP contribution in [0.2, 0.25) is 0 Å². The van der Waals surface area contributed by atoms with E-state index in [-0.39, 0.29) is 31.3 Å². The molecule has 0 unspecified atom stereocenters. The Bertz CT molecular complexity index is 306. The number of carbonyl (C=O) groups is 3. The van der Waals surface area contributed by atoms with Crippen LogP contribution in [-0.4, -0.2) is 61.1 Å². The second-order valence-corrected chi connectivity index (χ2v) is 4.14. The number of amides is 1. The highest BCUT2D eigenvalue weighted by atomic mass is 16.5. The molecular formula is C12H22N2O5. The second-order valence-electron chi connectivity index (χ2n) is 4.14. The van der Waals surface area contributed by atoms with Gasteiger partial charge in [0.1, 0.15) is 0 Å². The second kappa shape index (κ2) is 10.3. The number of nitrogens with zero attached hydrogens (tertiary/aromatic N) is 1. The maximum atomic E-state index is 11.5. The minimum absolute atomic E-state index is 0.0407. The monoisotopic (exact) mass is 274 g/mol. The number of ether oxygens (including phenoxy) is 1. The molecule has 0 spiro atoms. The summed E-state index contributed by atoms with van der Waals surface area (Å²) in [5.41, 5.74) is 0. The molecular weight excluding hydrogens is 252 g/mol. The van der Waals surface area contributed by atoms with Gasteiger partial charge in [0.2, 0.25) is 5.91 Å². The maximum Gasteiger partial charge on any atom is 0.307 e. The van der Waals surface area contributed by atoms with Crippen molar-refractivity contribution in [2.75, 3.05) is 33.3 Å². The molecule has 1 amide bonds. The van der Waals surface area contributed by atoms with Crippen LogP contribution in [0.3, 0.4) is 0 Å². The van der Waals surface area contributed by atoms with E-state index in [1.807, 2.05) is 0 Å². The molecule has 0 aromatic rings. The van der Waals surface area contributed by atoms with E-state index >= 15 is 0 Å². The first-order valence-electron chi connectivity index (χ1n) is 6.28. The number of likely N-dealkylation sites (N-methyl/N-ethyl adjacent to an activating group) is 1. The first-order valence-corrected chi connectivity index (χ1v) is 6.28. The minimum atomic E-state index is -0.874. The van der Waals surface area contributed by atoms with Crippen LogP contribution in [0.25, 0.3) is 0 Å². The fraction of sp³-hybridized carbons (Fsp3) is 0.750. The number of nitrogens with one attached hydrogen (secondary N) is 1. The van der Waals surface area contributed by atoms with Gasteiger partial charge < -0.3 is 15.2 Å². The SMILES string of the molecule is CCOC(=O)CCN(C)CC(=O)NCCCC(=O)O. The number of carboxylic acids is 1. The van der Waals surface area contributed by atoms with Crippen LogP contribution in [0.5, 0.6) is 0 Å². The summed E-state index contributed by atoms with van der Waals surface area (Å²) in [5, 5.41) is 11.0. The Labute approximate surface area is 112 Å². The van der Waals surface area contributed by atoms with Gasteiger partial charge in [0.25, 0.3) is 0 Å². The number of hydrogen-bond donors (Lipinski definition) is 2. The van der Waals surface area contributed by atoms with E-state index in [2.05, 4.69) is 5.32 Å². The van der Waals surface area contributed by atoms with Crippen LogP contribution in [0.1, 0.15) is 26.2 Å². The van der Waals surface area contributed by atoms with Gasteiger partial charge in [0.15, 0.2) is 0 Å². The zero-order valence-electron chi connectivity index (χ0n) is 11.5. The molecule has 0 fully saturated rings. The lowest BCUT2D eigenvalue weighted by Gasteiger charge is -2.15. The number of rotatable bonds is 10. The lowest BCUT2D eigenvalue weighted by atomic mass is 10.3. The summed E-state index contributed by atoms with van der Waals surface area (Å²) in [5.74, 6) is -1.34. The Morgan fingerprint density at radius 2 is 1.95 bits per heavy atom. The highest BCUT2D eigenvalue weighted by Crippen LogP contribution is 1.91. The molecule has 19 heavy (non-hydrogen) atoms. The summed E-state index contributed by atoms with van der Waals surface area (Å²) in [6.07, 6.45) is 0.698. The zero-order chi connectivity index (χ0) is 14.7. The van der Waals surface area contributed by atoms with Gasteiger partial charge in [-0.15, -0.1) is 0 Å². The first kappa shape index (κ1) is 17.4. The Morgan fingerprint density at radius 1 is 1.26 bits per heavy atom. The van der Waals surface area contributed by atoms with Gasteiger partial charge in [-0.25, -0.2) is 0 Å². The van der Waals surface area contributed by atoms with Crippen LogP contribution < -0.4 is 5.32 Å². The molecule has 0 aromatic carbocycles. The average Bonchev–Trinajstić information content (AvgIpc) is 2.32. The highest BCUT2D eigenvalue weighted by Gasteiger charge is 2.09. The van der Waals surface area contributed by atoms with Gasteiger partial charge in [0, 0.05) is 19.5 Å². The van der Waals surface area contributed by atoms with Gasteiger partial charge in [-0.2, -0.15) is 0 Å². The minimum Gasteiger partial charge on any atom is -0.481 e. The fourth-order valence-corrected chi connectivity index (χ4v) is 1.36. The van der Waals surface area contributed by atoms with Crippen molar-refractivity contribution in [1.29, 1.82) is 0 Å². The van der Waals surface area contributed by atoms with E-state index < -0.39 is 5.97 Å². The Morgan fingerprint density at radius 3 is 2.53 bits per heavy atom.